The van der Waals surface area contributed by atoms with E-state index in [1.807, 2.05) is 43.3 Å². The Kier molecular flexibility index (Phi) is 3.44. The summed E-state index contributed by atoms with van der Waals surface area (Å²) in [6.07, 6.45) is 1.86. The number of ether oxygens (including phenoxy) is 1. The molecule has 1 aromatic carbocycles. The lowest BCUT2D eigenvalue weighted by Crippen LogP contribution is -2.28. The molecular formula is C12H16O2. The van der Waals surface area contributed by atoms with Gasteiger partial charge >= 0.3 is 0 Å². The third-order valence-corrected chi connectivity index (χ3v) is 2.27. The highest BCUT2D eigenvalue weighted by Gasteiger charge is 2.25. The summed E-state index contributed by atoms with van der Waals surface area (Å²) in [5.74, 6) is -1.23. The predicted octanol–water partition coefficient (Wildman–Crippen LogP) is 2.44. The average Bonchev–Trinajstić information content (AvgIpc) is 2.20. The van der Waals surface area contributed by atoms with Gasteiger partial charge in [0, 0.05) is 12.7 Å². The van der Waals surface area contributed by atoms with Crippen LogP contribution >= 0.6 is 0 Å². The van der Waals surface area contributed by atoms with Crippen LogP contribution in [0.5, 0.6) is 0 Å². The van der Waals surface area contributed by atoms with Crippen LogP contribution in [0.15, 0.2) is 36.4 Å². The maximum absolute atomic E-state index is 9.95. The molecule has 76 valence electrons. The fourth-order valence-electron chi connectivity index (χ4n) is 1.43. The van der Waals surface area contributed by atoms with Gasteiger partial charge in [0.15, 0.2) is 5.79 Å². The van der Waals surface area contributed by atoms with E-state index in [9.17, 15) is 5.11 Å². The fraction of sp³-hybridized carbons (Fsp3) is 0.333. The Balaban J connectivity index is 3.07. The van der Waals surface area contributed by atoms with Crippen molar-refractivity contribution in [1.82, 2.24) is 0 Å². The van der Waals surface area contributed by atoms with Gasteiger partial charge < -0.3 is 9.84 Å². The van der Waals surface area contributed by atoms with Gasteiger partial charge in [0.05, 0.1) is 0 Å². The Morgan fingerprint density at radius 3 is 2.36 bits per heavy atom. The number of benzene rings is 1. The van der Waals surface area contributed by atoms with Crippen LogP contribution in [0.1, 0.15) is 19.4 Å². The molecule has 1 unspecified atom stereocenters. The molecule has 0 radical (unpaired) electrons. The van der Waals surface area contributed by atoms with Gasteiger partial charge in [-0.15, -0.1) is 0 Å². The maximum Gasteiger partial charge on any atom is 0.189 e. The normalized spacial score (nSPS) is 16.4. The van der Waals surface area contributed by atoms with Gasteiger partial charge in [-0.05, 0) is 19.4 Å². The summed E-state index contributed by atoms with van der Waals surface area (Å²) >= 11 is 0. The molecule has 0 heterocycles. The minimum Gasteiger partial charge on any atom is -0.362 e. The molecule has 0 aliphatic rings. The third-order valence-electron chi connectivity index (χ3n) is 2.27. The zero-order chi connectivity index (χ0) is 10.6. The molecule has 1 N–H and O–H groups in total. The molecule has 0 fully saturated rings. The second-order valence-electron chi connectivity index (χ2n) is 3.26. The van der Waals surface area contributed by atoms with Crippen LogP contribution in [0, 0.1) is 0 Å². The molecule has 1 rings (SSSR count). The highest BCUT2D eigenvalue weighted by atomic mass is 16.6. The van der Waals surface area contributed by atoms with Crippen molar-refractivity contribution in [2.75, 3.05) is 7.11 Å². The van der Waals surface area contributed by atoms with Gasteiger partial charge in [-0.2, -0.15) is 0 Å². The summed E-state index contributed by atoms with van der Waals surface area (Å²) in [6, 6.07) is 9.71. The molecule has 1 aromatic rings. The first kappa shape index (κ1) is 11.0. The summed E-state index contributed by atoms with van der Waals surface area (Å²) in [5, 5.41) is 9.95. The van der Waals surface area contributed by atoms with Crippen LogP contribution in [-0.4, -0.2) is 18.0 Å². The van der Waals surface area contributed by atoms with Crippen molar-refractivity contribution < 1.29 is 9.84 Å². The molecule has 1 atom stereocenters. The zero-order valence-corrected chi connectivity index (χ0v) is 8.82. The van der Waals surface area contributed by atoms with Gasteiger partial charge in [-0.25, -0.2) is 0 Å². The summed E-state index contributed by atoms with van der Waals surface area (Å²) in [6.45, 7) is 3.52. The quantitative estimate of drug-likeness (QED) is 0.745. The topological polar surface area (TPSA) is 29.5 Å². The summed E-state index contributed by atoms with van der Waals surface area (Å²) in [7, 11) is 1.49. The first-order chi connectivity index (χ1) is 6.61. The molecule has 14 heavy (non-hydrogen) atoms. The van der Waals surface area contributed by atoms with Gasteiger partial charge in [-0.3, -0.25) is 0 Å². The molecule has 0 saturated heterocycles. The fourth-order valence-corrected chi connectivity index (χ4v) is 1.43. The summed E-state index contributed by atoms with van der Waals surface area (Å²) in [5.41, 5.74) is 1.75. The second-order valence-corrected chi connectivity index (χ2v) is 3.26. The van der Waals surface area contributed by atoms with Crippen molar-refractivity contribution in [2.24, 2.45) is 0 Å². The highest BCUT2D eigenvalue weighted by molar-refractivity contribution is 5.70. The Labute approximate surface area is 84.8 Å². The van der Waals surface area contributed by atoms with E-state index in [1.165, 1.54) is 7.11 Å². The monoisotopic (exact) mass is 192 g/mol. The van der Waals surface area contributed by atoms with Crippen molar-refractivity contribution in [3.63, 3.8) is 0 Å². The number of methoxy groups -OCH3 is 1. The molecule has 0 spiro atoms. The number of allylic oxidation sites excluding steroid dienone is 1. The number of rotatable bonds is 3. The van der Waals surface area contributed by atoms with Crippen molar-refractivity contribution in [3.05, 3.63) is 42.0 Å². The highest BCUT2D eigenvalue weighted by Crippen LogP contribution is 2.27. The van der Waals surface area contributed by atoms with E-state index in [2.05, 4.69) is 0 Å². The lowest BCUT2D eigenvalue weighted by molar-refractivity contribution is -0.121. The summed E-state index contributed by atoms with van der Waals surface area (Å²) < 4.78 is 5.03. The molecule has 0 aliphatic heterocycles. The van der Waals surface area contributed by atoms with E-state index in [4.69, 9.17) is 4.74 Å². The minimum atomic E-state index is -1.23. The van der Waals surface area contributed by atoms with E-state index in [1.54, 1.807) is 6.92 Å². The Bertz CT molecular complexity index is 312. The SMILES string of the molecule is C/C=C(\c1ccccc1)C(C)(O)OC. The Morgan fingerprint density at radius 2 is 1.93 bits per heavy atom. The van der Waals surface area contributed by atoms with Crippen LogP contribution in [0.3, 0.4) is 0 Å². The van der Waals surface area contributed by atoms with Crippen molar-refractivity contribution in [2.45, 2.75) is 19.6 Å². The molecule has 2 nitrogen and oxygen atoms in total. The van der Waals surface area contributed by atoms with Crippen molar-refractivity contribution >= 4 is 5.57 Å². The van der Waals surface area contributed by atoms with Crippen molar-refractivity contribution in [3.8, 4) is 0 Å². The molecule has 0 aromatic heterocycles. The lowest BCUT2D eigenvalue weighted by atomic mass is 9.98. The van der Waals surface area contributed by atoms with E-state index < -0.39 is 5.79 Å². The third kappa shape index (κ3) is 2.22. The first-order valence-corrected chi connectivity index (χ1v) is 4.61. The standard InChI is InChI=1S/C12H16O2/c1-4-11(12(2,13)14-3)10-8-6-5-7-9-10/h4-9,13H,1-3H3/b11-4+. The maximum atomic E-state index is 9.95. The van der Waals surface area contributed by atoms with Gasteiger partial charge in [0.2, 0.25) is 0 Å². The lowest BCUT2D eigenvalue weighted by Gasteiger charge is -2.25. The molecule has 2 heteroatoms. The molecule has 0 saturated carbocycles. The molecule has 0 bridgehead atoms. The van der Waals surface area contributed by atoms with Crippen LogP contribution in [0.4, 0.5) is 0 Å². The Hall–Kier alpha value is -1.12. The van der Waals surface area contributed by atoms with Gasteiger partial charge in [-0.1, -0.05) is 36.4 Å². The molecular weight excluding hydrogens is 176 g/mol. The summed E-state index contributed by atoms with van der Waals surface area (Å²) in [4.78, 5) is 0. The van der Waals surface area contributed by atoms with Gasteiger partial charge in [0.1, 0.15) is 0 Å². The van der Waals surface area contributed by atoms with E-state index in [0.29, 0.717) is 0 Å². The smallest absolute Gasteiger partial charge is 0.189 e. The predicted molar refractivity (Wildman–Crippen MR) is 57.7 cm³/mol. The van der Waals surface area contributed by atoms with E-state index in [-0.39, 0.29) is 0 Å². The zero-order valence-electron chi connectivity index (χ0n) is 8.82. The van der Waals surface area contributed by atoms with Crippen LogP contribution in [-0.2, 0) is 4.74 Å². The van der Waals surface area contributed by atoms with Crippen LogP contribution < -0.4 is 0 Å². The second kappa shape index (κ2) is 4.40. The molecule has 0 amide bonds. The van der Waals surface area contributed by atoms with Gasteiger partial charge in [0.25, 0.3) is 0 Å². The number of hydrogen-bond donors (Lipinski definition) is 1. The molecule has 0 aliphatic carbocycles. The number of aliphatic hydroxyl groups is 1. The largest absolute Gasteiger partial charge is 0.362 e. The Morgan fingerprint density at radius 1 is 1.36 bits per heavy atom. The number of hydrogen-bond acceptors (Lipinski definition) is 2. The van der Waals surface area contributed by atoms with E-state index in [0.717, 1.165) is 11.1 Å². The first-order valence-electron chi connectivity index (χ1n) is 4.61. The van der Waals surface area contributed by atoms with Crippen LogP contribution in [0.25, 0.3) is 5.57 Å². The average molecular weight is 192 g/mol. The van der Waals surface area contributed by atoms with E-state index >= 15 is 0 Å². The van der Waals surface area contributed by atoms with Crippen LogP contribution in [0.2, 0.25) is 0 Å². The minimum absolute atomic E-state index is 0.778. The van der Waals surface area contributed by atoms with Crippen molar-refractivity contribution in [1.29, 1.82) is 0 Å².